The third-order valence-corrected chi connectivity index (χ3v) is 10.8. The van der Waals surface area contributed by atoms with E-state index in [1.807, 2.05) is 23.3 Å². The van der Waals surface area contributed by atoms with Gasteiger partial charge < -0.3 is 57.6 Å². The van der Waals surface area contributed by atoms with Crippen molar-refractivity contribution in [1.29, 1.82) is 0 Å². The lowest BCUT2D eigenvalue weighted by Gasteiger charge is -2.33. The lowest BCUT2D eigenvalue weighted by molar-refractivity contribution is -0.138. The molecule has 0 aliphatic carbocycles. The zero-order valence-corrected chi connectivity index (χ0v) is 41.2. The number of ether oxygens (including phenoxy) is 10. The van der Waals surface area contributed by atoms with Crippen LogP contribution in [0.3, 0.4) is 0 Å². The molecule has 3 heterocycles. The van der Waals surface area contributed by atoms with Crippen LogP contribution in [0.4, 0.5) is 18.9 Å². The predicted molar refractivity (Wildman–Crippen MR) is 261 cm³/mol. The number of nitrogens with zero attached hydrogens (tertiary/aromatic N) is 7. The molecule has 1 aliphatic rings. The van der Waals surface area contributed by atoms with Crippen molar-refractivity contribution in [2.45, 2.75) is 19.6 Å². The molecule has 1 N–H and O–H groups in total. The Morgan fingerprint density at radius 1 is 0.708 bits per heavy atom. The van der Waals surface area contributed by atoms with Crippen LogP contribution in [0.15, 0.2) is 66.0 Å². The average molecular weight is 1010 g/mol. The van der Waals surface area contributed by atoms with Crippen LogP contribution in [-0.2, 0) is 55.4 Å². The molecule has 22 heteroatoms. The second kappa shape index (κ2) is 33.4. The number of hydrogen-bond acceptors (Lipinski definition) is 15. The van der Waals surface area contributed by atoms with Crippen molar-refractivity contribution in [3.05, 3.63) is 105 Å². The van der Waals surface area contributed by atoms with Gasteiger partial charge in [-0.15, -0.1) is 0 Å². The van der Waals surface area contributed by atoms with Crippen molar-refractivity contribution in [2.75, 3.05) is 171 Å². The summed E-state index contributed by atoms with van der Waals surface area (Å²) in [6.07, 6.45) is -1.13. The number of fused-ring (bicyclic) bond motifs is 1. The number of anilines is 1. The van der Waals surface area contributed by atoms with Crippen LogP contribution in [0.2, 0.25) is 0 Å². The maximum Gasteiger partial charge on any atom is 0.416 e. The number of nitrogens with one attached hydrogen (secondary N) is 1. The highest BCUT2D eigenvalue weighted by molar-refractivity contribution is 6.04. The van der Waals surface area contributed by atoms with E-state index in [0.29, 0.717) is 168 Å². The Balaban J connectivity index is 0.868. The molecule has 2 aromatic carbocycles. The van der Waals surface area contributed by atoms with E-state index < -0.39 is 17.6 Å². The predicted octanol–water partition coefficient (Wildman–Crippen LogP) is 5.90. The number of aromatic nitrogens is 2. The summed E-state index contributed by atoms with van der Waals surface area (Å²) in [6, 6.07) is 12.6. The zero-order chi connectivity index (χ0) is 51.1. The van der Waals surface area contributed by atoms with E-state index in [9.17, 15) is 18.0 Å². The maximum absolute atomic E-state index is 14.2. The standard InChI is InChI=1S/C50H67F3N8O11/c1-40-3-4-42(49(62)57-44-7-5-43(47(36-44)50(51,52)53)39-60-14-12-59(2)13-15-60)35-41(40)6-8-45-38-55-48-37-46(9-11-61(45)48)72-34-33-71-32-31-70-30-29-69-28-27-68-26-25-67-24-23-66-22-21-65-20-19-64-18-17-63-16-10-56-58-54/h3-5,7,9,11,35-38H,10,12-34,39H2,1-2H3,(H,57,62). The first-order valence-electron chi connectivity index (χ1n) is 24.0. The molecular weight excluding hydrogens is 946 g/mol. The van der Waals surface area contributed by atoms with Crippen LogP contribution in [0.1, 0.15) is 38.3 Å². The molecule has 0 saturated carbocycles. The molecule has 0 radical (unpaired) electrons. The lowest BCUT2D eigenvalue weighted by Crippen LogP contribution is -2.44. The van der Waals surface area contributed by atoms with E-state index in [1.54, 1.807) is 42.7 Å². The number of pyridine rings is 1. The van der Waals surface area contributed by atoms with Crippen LogP contribution in [0.5, 0.6) is 5.75 Å². The van der Waals surface area contributed by atoms with Gasteiger partial charge in [-0.05, 0) is 66.9 Å². The molecule has 1 amide bonds. The van der Waals surface area contributed by atoms with Gasteiger partial charge in [-0.25, -0.2) is 4.98 Å². The van der Waals surface area contributed by atoms with Crippen LogP contribution >= 0.6 is 0 Å². The minimum atomic E-state index is -4.57. The number of carbonyl (C=O) groups is 1. The summed E-state index contributed by atoms with van der Waals surface area (Å²) in [7, 11) is 1.99. The molecule has 1 aliphatic heterocycles. The molecule has 1 fully saturated rings. The fourth-order valence-corrected chi connectivity index (χ4v) is 6.91. The van der Waals surface area contributed by atoms with E-state index >= 15 is 0 Å². The van der Waals surface area contributed by atoms with E-state index in [1.165, 1.54) is 12.1 Å². The molecule has 72 heavy (non-hydrogen) atoms. The van der Waals surface area contributed by atoms with Gasteiger partial charge in [0.2, 0.25) is 0 Å². The summed E-state index contributed by atoms with van der Waals surface area (Å²) in [5.74, 6) is 6.32. The lowest BCUT2D eigenvalue weighted by atomic mass is 10.0. The van der Waals surface area contributed by atoms with Crippen LogP contribution in [0, 0.1) is 18.8 Å². The van der Waals surface area contributed by atoms with Crippen molar-refractivity contribution in [1.82, 2.24) is 19.2 Å². The molecule has 5 rings (SSSR count). The number of carbonyl (C=O) groups excluding carboxylic acids is 1. The van der Waals surface area contributed by atoms with E-state index in [2.05, 4.69) is 37.1 Å². The van der Waals surface area contributed by atoms with Gasteiger partial charge in [-0.2, -0.15) is 13.2 Å². The van der Waals surface area contributed by atoms with Gasteiger partial charge in [-0.1, -0.05) is 23.2 Å². The smallest absolute Gasteiger partial charge is 0.416 e. The van der Waals surface area contributed by atoms with Gasteiger partial charge in [0.1, 0.15) is 23.7 Å². The monoisotopic (exact) mass is 1010 g/mol. The highest BCUT2D eigenvalue weighted by Gasteiger charge is 2.34. The Bertz CT molecular complexity index is 2320. The summed E-state index contributed by atoms with van der Waals surface area (Å²) >= 11 is 0. The van der Waals surface area contributed by atoms with Crippen molar-refractivity contribution in [3.8, 4) is 17.6 Å². The van der Waals surface area contributed by atoms with Crippen molar-refractivity contribution in [2.24, 2.45) is 5.11 Å². The Labute approximate surface area is 418 Å². The SMILES string of the molecule is Cc1ccc(C(=O)Nc2ccc(CN3CCN(C)CC3)c(C(F)(F)F)c2)cc1C#Cc1cnc2cc(OCCOCCOCCOCCOCCOCCOCCOCCOCCOCCN=[N+]=[N-])ccn12. The number of aryl methyl sites for hydroxylation is 1. The maximum atomic E-state index is 14.2. The van der Waals surface area contributed by atoms with Gasteiger partial charge in [0.15, 0.2) is 0 Å². The van der Waals surface area contributed by atoms with E-state index in [0.717, 1.165) is 24.7 Å². The number of amides is 1. The minimum absolute atomic E-state index is 0.0608. The minimum Gasteiger partial charge on any atom is -0.491 e. The Morgan fingerprint density at radius 3 is 1.79 bits per heavy atom. The average Bonchev–Trinajstić information content (AvgIpc) is 3.78. The van der Waals surface area contributed by atoms with Crippen molar-refractivity contribution in [3.63, 3.8) is 0 Å². The molecule has 0 unspecified atom stereocenters. The zero-order valence-electron chi connectivity index (χ0n) is 41.2. The van der Waals surface area contributed by atoms with Crippen molar-refractivity contribution < 1.29 is 65.3 Å². The van der Waals surface area contributed by atoms with Gasteiger partial charge in [-0.3, -0.25) is 14.1 Å². The van der Waals surface area contributed by atoms with E-state index in [4.69, 9.17) is 52.9 Å². The first-order chi connectivity index (χ1) is 35.1. The number of hydrogen-bond donors (Lipinski definition) is 1. The van der Waals surface area contributed by atoms with Crippen molar-refractivity contribution >= 4 is 17.2 Å². The molecule has 0 spiro atoms. The fraction of sp³-hybridized carbons (Fsp3) is 0.560. The summed E-state index contributed by atoms with van der Waals surface area (Å²) in [5.41, 5.74) is 10.6. The van der Waals surface area contributed by atoms with Gasteiger partial charge in [0.05, 0.1) is 131 Å². The number of alkyl halides is 3. The largest absolute Gasteiger partial charge is 0.491 e. The van der Waals surface area contributed by atoms with Gasteiger partial charge >= 0.3 is 6.18 Å². The highest BCUT2D eigenvalue weighted by Crippen LogP contribution is 2.35. The first kappa shape index (κ1) is 57.5. The third-order valence-electron chi connectivity index (χ3n) is 10.8. The Morgan fingerprint density at radius 2 is 1.25 bits per heavy atom. The molecule has 2 aromatic heterocycles. The molecule has 394 valence electrons. The second-order valence-corrected chi connectivity index (χ2v) is 16.2. The Hall–Kier alpha value is -5.38. The summed E-state index contributed by atoms with van der Waals surface area (Å²) in [5, 5.41) is 6.02. The highest BCUT2D eigenvalue weighted by atomic mass is 19.4. The number of azide groups is 1. The number of likely N-dealkylation sites (N-methyl/N-ethyl adjacent to an activating group) is 1. The molecule has 4 aromatic rings. The van der Waals surface area contributed by atoms with E-state index in [-0.39, 0.29) is 23.4 Å². The summed E-state index contributed by atoms with van der Waals surface area (Å²) in [6.45, 7) is 13.6. The number of piperazine rings is 1. The molecule has 0 bridgehead atoms. The molecular formula is C50H67F3N8O11. The topological polar surface area (TPSA) is 194 Å². The quantitative estimate of drug-likeness (QED) is 0.0188. The summed E-state index contributed by atoms with van der Waals surface area (Å²) in [4.78, 5) is 24.6. The number of rotatable bonds is 35. The third kappa shape index (κ3) is 22.2. The number of benzene rings is 2. The van der Waals surface area contributed by atoms with Crippen LogP contribution in [-0.4, -0.2) is 190 Å². The molecule has 0 atom stereocenters. The normalized spacial score (nSPS) is 13.2. The van der Waals surface area contributed by atoms with Crippen LogP contribution in [0.25, 0.3) is 16.1 Å². The van der Waals surface area contributed by atoms with Crippen LogP contribution < -0.4 is 10.1 Å². The van der Waals surface area contributed by atoms with Gasteiger partial charge in [0.25, 0.3) is 5.91 Å². The number of imidazole rings is 1. The van der Waals surface area contributed by atoms with Gasteiger partial charge in [0, 0.05) is 73.3 Å². The Kier molecular flexibility index (Phi) is 26.7. The second-order valence-electron chi connectivity index (χ2n) is 16.2. The number of halogens is 3. The first-order valence-corrected chi connectivity index (χ1v) is 24.0. The fourth-order valence-electron chi connectivity index (χ4n) is 6.91. The molecule has 1 saturated heterocycles. The molecule has 19 nitrogen and oxygen atoms in total. The summed E-state index contributed by atoms with van der Waals surface area (Å²) < 4.78 is 99.4.